The molecule has 0 amide bonds. The van der Waals surface area contributed by atoms with Gasteiger partial charge in [0, 0.05) is 13.3 Å². The SMILES string of the molecule is CO[C@](C)(c1ccccc1)c1cc(C)nn1-c1ccccn1. The highest BCUT2D eigenvalue weighted by Gasteiger charge is 2.33. The average molecular weight is 293 g/mol. The minimum absolute atomic E-state index is 0.597. The Bertz CT molecular complexity index is 753. The fourth-order valence-corrected chi connectivity index (χ4v) is 2.62. The summed E-state index contributed by atoms with van der Waals surface area (Å²) in [4.78, 5) is 4.41. The Balaban J connectivity index is 2.19. The van der Waals surface area contributed by atoms with Crippen molar-refractivity contribution in [2.24, 2.45) is 0 Å². The van der Waals surface area contributed by atoms with Gasteiger partial charge < -0.3 is 4.74 Å². The molecule has 1 atom stereocenters. The Labute approximate surface area is 130 Å². The number of aryl methyl sites for hydroxylation is 1. The standard InChI is InChI=1S/C18H19N3O/c1-14-13-16(21(20-14)17-11-7-8-12-19-17)18(2,22-3)15-9-5-4-6-10-15/h4-13H,1-3H3/t18-/m1/s1. The van der Waals surface area contributed by atoms with E-state index in [2.05, 4.69) is 29.1 Å². The van der Waals surface area contributed by atoms with Crippen molar-refractivity contribution >= 4 is 0 Å². The van der Waals surface area contributed by atoms with Gasteiger partial charge in [-0.1, -0.05) is 36.4 Å². The van der Waals surface area contributed by atoms with Crippen LogP contribution in [0, 0.1) is 6.92 Å². The van der Waals surface area contributed by atoms with Crippen molar-refractivity contribution in [3.8, 4) is 5.82 Å². The lowest BCUT2D eigenvalue weighted by Gasteiger charge is -2.29. The van der Waals surface area contributed by atoms with Crippen molar-refractivity contribution in [2.45, 2.75) is 19.4 Å². The first-order valence-electron chi connectivity index (χ1n) is 7.24. The summed E-state index contributed by atoms with van der Waals surface area (Å²) in [6.07, 6.45) is 1.77. The number of hydrogen-bond acceptors (Lipinski definition) is 3. The van der Waals surface area contributed by atoms with Gasteiger partial charge in [-0.05, 0) is 37.6 Å². The van der Waals surface area contributed by atoms with Gasteiger partial charge in [-0.2, -0.15) is 5.10 Å². The second-order valence-corrected chi connectivity index (χ2v) is 5.37. The van der Waals surface area contributed by atoms with Crippen LogP contribution in [0.2, 0.25) is 0 Å². The van der Waals surface area contributed by atoms with E-state index in [4.69, 9.17) is 4.74 Å². The molecule has 1 aromatic carbocycles. The van der Waals surface area contributed by atoms with Gasteiger partial charge in [-0.15, -0.1) is 0 Å². The van der Waals surface area contributed by atoms with Crippen LogP contribution in [0.15, 0.2) is 60.8 Å². The van der Waals surface area contributed by atoms with Crippen LogP contribution in [0.5, 0.6) is 0 Å². The van der Waals surface area contributed by atoms with E-state index in [1.807, 2.05) is 54.1 Å². The number of ether oxygens (including phenoxy) is 1. The molecule has 0 spiro atoms. The highest BCUT2D eigenvalue weighted by atomic mass is 16.5. The maximum absolute atomic E-state index is 5.90. The Kier molecular flexibility index (Phi) is 3.77. The van der Waals surface area contributed by atoms with Crippen LogP contribution in [-0.4, -0.2) is 21.9 Å². The smallest absolute Gasteiger partial charge is 0.153 e. The minimum Gasteiger partial charge on any atom is -0.367 e. The minimum atomic E-state index is -0.597. The second-order valence-electron chi connectivity index (χ2n) is 5.37. The summed E-state index contributed by atoms with van der Waals surface area (Å²) in [5.41, 5.74) is 2.37. The molecule has 0 unspecified atom stereocenters. The van der Waals surface area contributed by atoms with Gasteiger partial charge in [0.05, 0.1) is 11.4 Å². The van der Waals surface area contributed by atoms with E-state index in [9.17, 15) is 0 Å². The Morgan fingerprint density at radius 1 is 1.05 bits per heavy atom. The maximum atomic E-state index is 5.90. The van der Waals surface area contributed by atoms with Gasteiger partial charge in [0.1, 0.15) is 5.60 Å². The number of rotatable bonds is 4. The lowest BCUT2D eigenvalue weighted by atomic mass is 9.92. The first kappa shape index (κ1) is 14.5. The molecule has 4 nitrogen and oxygen atoms in total. The Morgan fingerprint density at radius 3 is 2.41 bits per heavy atom. The molecular formula is C18H19N3O. The number of benzene rings is 1. The van der Waals surface area contributed by atoms with Crippen molar-refractivity contribution < 1.29 is 4.74 Å². The molecule has 0 saturated heterocycles. The van der Waals surface area contributed by atoms with Crippen LogP contribution < -0.4 is 0 Å². The normalized spacial score (nSPS) is 13.8. The highest BCUT2D eigenvalue weighted by Crippen LogP contribution is 2.34. The fourth-order valence-electron chi connectivity index (χ4n) is 2.62. The molecule has 0 aliphatic carbocycles. The van der Waals surface area contributed by atoms with Gasteiger partial charge in [0.25, 0.3) is 0 Å². The van der Waals surface area contributed by atoms with Crippen molar-refractivity contribution in [3.05, 3.63) is 77.7 Å². The zero-order valence-electron chi connectivity index (χ0n) is 13.0. The molecule has 22 heavy (non-hydrogen) atoms. The van der Waals surface area contributed by atoms with Gasteiger partial charge in [-0.25, -0.2) is 9.67 Å². The zero-order chi connectivity index (χ0) is 15.6. The summed E-state index contributed by atoms with van der Waals surface area (Å²) in [5, 5.41) is 4.59. The molecule has 0 saturated carbocycles. The molecule has 0 N–H and O–H groups in total. The van der Waals surface area contributed by atoms with Crippen LogP contribution >= 0.6 is 0 Å². The van der Waals surface area contributed by atoms with Gasteiger partial charge in [0.2, 0.25) is 0 Å². The highest BCUT2D eigenvalue weighted by molar-refractivity contribution is 5.37. The van der Waals surface area contributed by atoms with Crippen LogP contribution in [0.1, 0.15) is 23.9 Å². The first-order valence-corrected chi connectivity index (χ1v) is 7.24. The summed E-state index contributed by atoms with van der Waals surface area (Å²) >= 11 is 0. The molecule has 0 bridgehead atoms. The van der Waals surface area contributed by atoms with Gasteiger partial charge in [0.15, 0.2) is 5.82 Å². The molecular weight excluding hydrogens is 274 g/mol. The van der Waals surface area contributed by atoms with E-state index in [-0.39, 0.29) is 0 Å². The van der Waals surface area contributed by atoms with E-state index in [0.717, 1.165) is 22.8 Å². The maximum Gasteiger partial charge on any atom is 0.153 e. The van der Waals surface area contributed by atoms with Gasteiger partial charge in [-0.3, -0.25) is 0 Å². The Morgan fingerprint density at radius 2 is 1.77 bits per heavy atom. The van der Waals surface area contributed by atoms with E-state index >= 15 is 0 Å². The lowest BCUT2D eigenvalue weighted by molar-refractivity contribution is 0.0332. The molecule has 2 aromatic heterocycles. The topological polar surface area (TPSA) is 39.9 Å². The lowest BCUT2D eigenvalue weighted by Crippen LogP contribution is -2.29. The monoisotopic (exact) mass is 293 g/mol. The number of pyridine rings is 1. The van der Waals surface area contributed by atoms with E-state index in [1.165, 1.54) is 0 Å². The molecule has 0 radical (unpaired) electrons. The van der Waals surface area contributed by atoms with Crippen LogP contribution in [-0.2, 0) is 10.3 Å². The molecule has 3 aromatic rings. The summed E-state index contributed by atoms with van der Waals surface area (Å²) in [6, 6.07) is 18.0. The van der Waals surface area contributed by atoms with Gasteiger partial charge >= 0.3 is 0 Å². The number of hydrogen-bond donors (Lipinski definition) is 0. The molecule has 3 rings (SSSR count). The zero-order valence-corrected chi connectivity index (χ0v) is 13.0. The van der Waals surface area contributed by atoms with Crippen molar-refractivity contribution in [2.75, 3.05) is 7.11 Å². The Hall–Kier alpha value is -2.46. The van der Waals surface area contributed by atoms with E-state index in [0.29, 0.717) is 0 Å². The summed E-state index contributed by atoms with van der Waals surface area (Å²) < 4.78 is 7.75. The molecule has 112 valence electrons. The largest absolute Gasteiger partial charge is 0.367 e. The molecule has 4 heteroatoms. The third-order valence-electron chi connectivity index (χ3n) is 3.92. The van der Waals surface area contributed by atoms with Crippen molar-refractivity contribution in [1.82, 2.24) is 14.8 Å². The summed E-state index contributed by atoms with van der Waals surface area (Å²) in [6.45, 7) is 4.03. The number of methoxy groups -OCH3 is 1. The quantitative estimate of drug-likeness (QED) is 0.739. The van der Waals surface area contributed by atoms with Crippen LogP contribution in [0.25, 0.3) is 5.82 Å². The summed E-state index contributed by atoms with van der Waals surface area (Å²) in [5.74, 6) is 0.782. The predicted molar refractivity (Wildman–Crippen MR) is 86.0 cm³/mol. The van der Waals surface area contributed by atoms with Crippen LogP contribution in [0.3, 0.4) is 0 Å². The second kappa shape index (κ2) is 5.73. The fraction of sp³-hybridized carbons (Fsp3) is 0.222. The average Bonchev–Trinajstić information content (AvgIpc) is 2.98. The molecule has 0 aliphatic heterocycles. The van der Waals surface area contributed by atoms with E-state index in [1.54, 1.807) is 13.3 Å². The predicted octanol–water partition coefficient (Wildman–Crippen LogP) is 3.49. The van der Waals surface area contributed by atoms with Crippen molar-refractivity contribution in [3.63, 3.8) is 0 Å². The van der Waals surface area contributed by atoms with E-state index < -0.39 is 5.60 Å². The van der Waals surface area contributed by atoms with Crippen LogP contribution in [0.4, 0.5) is 0 Å². The summed E-state index contributed by atoms with van der Waals surface area (Å²) in [7, 11) is 1.72. The first-order chi connectivity index (χ1) is 10.6. The molecule has 0 aliphatic rings. The molecule has 2 heterocycles. The van der Waals surface area contributed by atoms with Crippen molar-refractivity contribution in [1.29, 1.82) is 0 Å². The third kappa shape index (κ3) is 2.42. The third-order valence-corrected chi connectivity index (χ3v) is 3.92. The molecule has 0 fully saturated rings. The number of nitrogens with zero attached hydrogens (tertiary/aromatic N) is 3. The number of aromatic nitrogens is 3.